The van der Waals surface area contributed by atoms with E-state index in [1.54, 1.807) is 36.4 Å². The largest absolute Gasteiger partial charge is 0.494 e. The molecule has 4 aromatic rings. The van der Waals surface area contributed by atoms with E-state index in [2.05, 4.69) is 21.2 Å². The molecule has 0 saturated heterocycles. The quantitative estimate of drug-likeness (QED) is 0.152. The van der Waals surface area contributed by atoms with Crippen LogP contribution in [0.5, 0.6) is 5.75 Å². The Morgan fingerprint density at radius 2 is 1.50 bits per heavy atom. The summed E-state index contributed by atoms with van der Waals surface area (Å²) < 4.78 is 35.9. The van der Waals surface area contributed by atoms with E-state index in [9.17, 15) is 18.0 Å². The lowest BCUT2D eigenvalue weighted by Crippen LogP contribution is -2.53. The molecule has 0 radical (unpaired) electrons. The van der Waals surface area contributed by atoms with Gasteiger partial charge in [-0.15, -0.1) is 0 Å². The number of carbonyl (C=O) groups is 2. The van der Waals surface area contributed by atoms with E-state index in [1.165, 1.54) is 17.0 Å². The fourth-order valence-corrected chi connectivity index (χ4v) is 6.63. The van der Waals surface area contributed by atoms with Crippen molar-refractivity contribution in [2.45, 2.75) is 51.1 Å². The molecule has 0 fully saturated rings. The van der Waals surface area contributed by atoms with Gasteiger partial charge >= 0.3 is 0 Å². The highest BCUT2D eigenvalue weighted by Gasteiger charge is 2.34. The van der Waals surface area contributed by atoms with Crippen LogP contribution in [0.2, 0.25) is 0 Å². The summed E-state index contributed by atoms with van der Waals surface area (Å²) in [6.45, 7) is 6.20. The average Bonchev–Trinajstić information content (AvgIpc) is 3.06. The van der Waals surface area contributed by atoms with E-state index in [0.29, 0.717) is 24.6 Å². The lowest BCUT2D eigenvalue weighted by molar-refractivity contribution is -0.140. The van der Waals surface area contributed by atoms with E-state index in [-0.39, 0.29) is 23.8 Å². The molecular weight excluding hydrogens is 666 g/mol. The zero-order valence-corrected chi connectivity index (χ0v) is 28.8. The molecule has 1 atom stereocenters. The number of nitrogens with one attached hydrogen (secondary N) is 1. The molecule has 0 aliphatic heterocycles. The summed E-state index contributed by atoms with van der Waals surface area (Å²) in [5, 5.41) is 2.96. The number of amides is 2. The molecule has 0 bridgehead atoms. The molecule has 8 nitrogen and oxygen atoms in total. The van der Waals surface area contributed by atoms with Crippen LogP contribution < -0.4 is 14.4 Å². The van der Waals surface area contributed by atoms with Gasteiger partial charge in [-0.25, -0.2) is 8.42 Å². The highest BCUT2D eigenvalue weighted by Crippen LogP contribution is 2.27. The number of benzene rings is 4. The summed E-state index contributed by atoms with van der Waals surface area (Å²) in [7, 11) is -4.20. The molecule has 0 aromatic heterocycles. The summed E-state index contributed by atoms with van der Waals surface area (Å²) in [5.74, 6) is -0.264. The Balaban J connectivity index is 1.78. The number of halogens is 1. The van der Waals surface area contributed by atoms with Gasteiger partial charge in [0.25, 0.3) is 10.0 Å². The summed E-state index contributed by atoms with van der Waals surface area (Å²) in [6.07, 6.45) is 0.987. The third-order valence-electron chi connectivity index (χ3n) is 7.41. The highest BCUT2D eigenvalue weighted by atomic mass is 79.9. The van der Waals surface area contributed by atoms with Gasteiger partial charge in [0.2, 0.25) is 11.8 Å². The maximum absolute atomic E-state index is 14.5. The topological polar surface area (TPSA) is 96.0 Å². The van der Waals surface area contributed by atoms with Crippen LogP contribution in [0.15, 0.2) is 112 Å². The predicted octanol–water partition coefficient (Wildman–Crippen LogP) is 6.52. The molecule has 4 aromatic carbocycles. The summed E-state index contributed by atoms with van der Waals surface area (Å²) in [6, 6.07) is 29.2. The van der Waals surface area contributed by atoms with Crippen LogP contribution in [0.4, 0.5) is 5.69 Å². The van der Waals surface area contributed by atoms with Gasteiger partial charge in [-0.05, 0) is 79.9 Å². The first-order valence-corrected chi connectivity index (χ1v) is 17.5. The Morgan fingerprint density at radius 3 is 2.11 bits per heavy atom. The van der Waals surface area contributed by atoms with Crippen LogP contribution in [0, 0.1) is 6.92 Å². The molecule has 0 spiro atoms. The van der Waals surface area contributed by atoms with Gasteiger partial charge < -0.3 is 15.0 Å². The Bertz CT molecular complexity index is 1680. The maximum atomic E-state index is 14.5. The van der Waals surface area contributed by atoms with Crippen LogP contribution in [0.1, 0.15) is 37.0 Å². The summed E-state index contributed by atoms with van der Waals surface area (Å²) >= 11 is 3.46. The van der Waals surface area contributed by atoms with Crippen molar-refractivity contribution in [3.8, 4) is 5.75 Å². The maximum Gasteiger partial charge on any atom is 0.264 e. The van der Waals surface area contributed by atoms with Crippen molar-refractivity contribution in [1.82, 2.24) is 10.2 Å². The normalized spacial score (nSPS) is 11.8. The number of rotatable bonds is 15. The fraction of sp³-hybridized carbons (Fsp3) is 0.278. The zero-order valence-electron chi connectivity index (χ0n) is 26.4. The zero-order chi connectivity index (χ0) is 33.1. The molecule has 0 aliphatic carbocycles. The van der Waals surface area contributed by atoms with Crippen molar-refractivity contribution in [2.24, 2.45) is 0 Å². The van der Waals surface area contributed by atoms with Crippen molar-refractivity contribution in [3.05, 3.63) is 124 Å². The Hall–Kier alpha value is -4.15. The van der Waals surface area contributed by atoms with E-state index in [0.717, 1.165) is 31.9 Å². The van der Waals surface area contributed by atoms with Gasteiger partial charge in [0.1, 0.15) is 18.3 Å². The molecule has 0 saturated carbocycles. The van der Waals surface area contributed by atoms with Crippen molar-refractivity contribution >= 4 is 43.5 Å². The third kappa shape index (κ3) is 9.20. The van der Waals surface area contributed by atoms with Crippen molar-refractivity contribution < 1.29 is 22.7 Å². The molecule has 2 amide bonds. The second-order valence-corrected chi connectivity index (χ2v) is 13.7. The first-order chi connectivity index (χ1) is 22.1. The Morgan fingerprint density at radius 1 is 0.848 bits per heavy atom. The van der Waals surface area contributed by atoms with E-state index < -0.39 is 28.5 Å². The fourth-order valence-electron chi connectivity index (χ4n) is 4.95. The van der Waals surface area contributed by atoms with Crippen LogP contribution >= 0.6 is 15.9 Å². The van der Waals surface area contributed by atoms with Gasteiger partial charge in [-0.1, -0.05) is 83.0 Å². The van der Waals surface area contributed by atoms with E-state index >= 15 is 0 Å². The molecule has 1 N–H and O–H groups in total. The number of hydrogen-bond donors (Lipinski definition) is 1. The average molecular weight is 707 g/mol. The second kappa shape index (κ2) is 16.4. The van der Waals surface area contributed by atoms with E-state index in [4.69, 9.17) is 4.74 Å². The van der Waals surface area contributed by atoms with Gasteiger partial charge in [0, 0.05) is 24.0 Å². The molecule has 4 rings (SSSR count). The number of anilines is 1. The lowest BCUT2D eigenvalue weighted by atomic mass is 10.0. The second-order valence-electron chi connectivity index (χ2n) is 10.9. The Labute approximate surface area is 280 Å². The summed E-state index contributed by atoms with van der Waals surface area (Å²) in [5.41, 5.74) is 2.96. The van der Waals surface area contributed by atoms with Gasteiger partial charge in [-0.2, -0.15) is 0 Å². The SMILES string of the molecule is CCCNC(=O)C(Cc1ccccc1)N(Cc1ccc(Br)cc1)C(=O)CN(c1ccc(C)cc1)S(=O)(=O)c1ccc(OCC)cc1. The van der Waals surface area contributed by atoms with E-state index in [1.807, 2.05) is 75.4 Å². The minimum Gasteiger partial charge on any atom is -0.494 e. The molecule has 1 unspecified atom stereocenters. The van der Waals surface area contributed by atoms with Crippen LogP contribution in [0.25, 0.3) is 0 Å². The van der Waals surface area contributed by atoms with Crippen LogP contribution in [-0.2, 0) is 32.6 Å². The predicted molar refractivity (Wildman–Crippen MR) is 185 cm³/mol. The standard InChI is InChI=1S/C36H40BrN3O5S/c1-4-23-38-36(42)34(24-28-9-7-6-8-10-28)39(25-29-13-15-30(37)16-14-29)35(41)26-40(31-17-11-27(3)12-18-31)46(43,44)33-21-19-32(20-22-33)45-5-2/h6-22,34H,4-5,23-26H2,1-3H3,(H,38,42). The van der Waals surface area contributed by atoms with Crippen molar-refractivity contribution in [1.29, 1.82) is 0 Å². The summed E-state index contributed by atoms with van der Waals surface area (Å²) in [4.78, 5) is 29.8. The lowest BCUT2D eigenvalue weighted by Gasteiger charge is -2.34. The minimum atomic E-state index is -4.20. The molecule has 10 heteroatoms. The number of carbonyl (C=O) groups excluding carboxylic acids is 2. The molecule has 242 valence electrons. The molecule has 0 heterocycles. The number of sulfonamides is 1. The smallest absolute Gasteiger partial charge is 0.264 e. The van der Waals surface area contributed by atoms with Crippen LogP contribution in [-0.4, -0.2) is 50.9 Å². The number of aryl methyl sites for hydroxylation is 1. The molecule has 46 heavy (non-hydrogen) atoms. The number of nitrogens with zero attached hydrogens (tertiary/aromatic N) is 2. The monoisotopic (exact) mass is 705 g/mol. The highest BCUT2D eigenvalue weighted by molar-refractivity contribution is 9.10. The first kappa shape index (κ1) is 34.7. The van der Waals surface area contributed by atoms with Gasteiger partial charge in [0.15, 0.2) is 0 Å². The first-order valence-electron chi connectivity index (χ1n) is 15.3. The molecule has 0 aliphatic rings. The number of ether oxygens (including phenoxy) is 1. The third-order valence-corrected chi connectivity index (χ3v) is 9.73. The minimum absolute atomic E-state index is 0.0188. The van der Waals surface area contributed by atoms with Gasteiger partial charge in [-0.3, -0.25) is 13.9 Å². The van der Waals surface area contributed by atoms with Gasteiger partial charge in [0.05, 0.1) is 17.2 Å². The van der Waals surface area contributed by atoms with Crippen LogP contribution in [0.3, 0.4) is 0 Å². The Kier molecular flexibility index (Phi) is 12.4. The van der Waals surface area contributed by atoms with Crippen molar-refractivity contribution in [3.63, 3.8) is 0 Å². The van der Waals surface area contributed by atoms with Crippen molar-refractivity contribution in [2.75, 3.05) is 24.0 Å². The number of hydrogen-bond acceptors (Lipinski definition) is 5. The molecular formula is C36H40BrN3O5S.